The Bertz CT molecular complexity index is 19.5. The Hall–Kier alpha value is 1.82. The molecular weight excluding hydrogens is 270 g/mol. The van der Waals surface area contributed by atoms with Gasteiger partial charge in [-0.2, -0.15) is 9.90 Å². The van der Waals surface area contributed by atoms with Crippen LogP contribution >= 0.6 is 53.1 Å². The van der Waals surface area contributed by atoms with E-state index >= 15 is 0 Å². The van der Waals surface area contributed by atoms with Crippen LogP contribution in [-0.4, -0.2) is 6.16 Å². The third-order valence-corrected chi connectivity index (χ3v) is 0.966. The highest BCUT2D eigenvalue weighted by atomic mass is 79.9. The normalized spacial score (nSPS) is 5.25. The molecule has 0 amide bonds. The van der Waals surface area contributed by atoms with Gasteiger partial charge in [0.15, 0.2) is 0 Å². The smallest absolute Gasteiger partial charge is 0.0381 e. The first-order chi connectivity index (χ1) is 2.41. The van der Waals surface area contributed by atoms with Crippen LogP contribution in [0.25, 0.3) is 0 Å². The molecule has 0 radical (unpaired) electrons. The lowest BCUT2D eigenvalue weighted by Crippen LogP contribution is -1.64. The minimum absolute atomic E-state index is 0. The molecule has 2 atom stereocenters. The van der Waals surface area contributed by atoms with E-state index in [0.717, 1.165) is 0 Å². The van der Waals surface area contributed by atoms with E-state index in [0.29, 0.717) is 0 Å². The van der Waals surface area contributed by atoms with Crippen molar-refractivity contribution < 1.29 is 0 Å². The Kier molecular flexibility index (Phi) is 65.4. The minimum atomic E-state index is 0. The molecule has 0 aromatic heterocycles. The zero-order valence-electron chi connectivity index (χ0n) is 5.22. The summed E-state index contributed by atoms with van der Waals surface area (Å²) in [5.74, 6) is 0. The first-order valence-corrected chi connectivity index (χ1v) is 2.93. The predicted octanol–water partition coefficient (Wildman–Crippen LogP) is 2.88. The lowest BCUT2D eigenvalue weighted by Gasteiger charge is -1.79. The molecule has 0 saturated carbocycles. The van der Waals surface area contributed by atoms with Crippen LogP contribution < -0.4 is 0 Å². The van der Waals surface area contributed by atoms with Gasteiger partial charge < -0.3 is 0 Å². The van der Waals surface area contributed by atoms with Crippen LogP contribution in [0, 0.1) is 0 Å². The molecule has 0 N–H and O–H groups in total. The second-order valence-electron chi connectivity index (χ2n) is 1.14. The lowest BCUT2D eigenvalue weighted by molar-refractivity contribution is 0.897. The Balaban J connectivity index is -0.0000000267. The van der Waals surface area contributed by atoms with Crippen LogP contribution in [0.2, 0.25) is 0 Å². The van der Waals surface area contributed by atoms with Crippen molar-refractivity contribution in [3.05, 3.63) is 0 Å². The van der Waals surface area contributed by atoms with E-state index in [1.165, 1.54) is 19.0 Å². The first kappa shape index (κ1) is 22.6. The van der Waals surface area contributed by atoms with Gasteiger partial charge >= 0.3 is 0 Å². The molecule has 0 aromatic carbocycles. The summed E-state index contributed by atoms with van der Waals surface area (Å²) in [4.78, 5) is 0. The van der Waals surface area contributed by atoms with Crippen LogP contribution in [0.5, 0.6) is 0 Å². The molecule has 0 aliphatic heterocycles. The summed E-state index contributed by atoms with van der Waals surface area (Å²) in [5.41, 5.74) is 0. The standard InChI is InChI=1S/C4H11P.2BrH.H3P/c1-2-3-4-5;;;/h2-5H2,1H3;2*1H;1H3. The molecule has 0 aliphatic carbocycles. The molecule has 0 rings (SSSR count). The second-order valence-corrected chi connectivity index (χ2v) is 1.72. The van der Waals surface area contributed by atoms with Gasteiger partial charge in [-0.05, 0) is 6.16 Å². The maximum absolute atomic E-state index is 2.70. The summed E-state index contributed by atoms with van der Waals surface area (Å²) in [7, 11) is 2.70. The van der Waals surface area contributed by atoms with Gasteiger partial charge in [0.2, 0.25) is 0 Å². The highest BCUT2D eigenvalue weighted by molar-refractivity contribution is 8.93. The maximum atomic E-state index is 2.70. The fourth-order valence-corrected chi connectivity index (χ4v) is 0.612. The van der Waals surface area contributed by atoms with Crippen molar-refractivity contribution >= 4 is 53.1 Å². The molecule has 2 unspecified atom stereocenters. The molecule has 0 bridgehead atoms. The van der Waals surface area contributed by atoms with Gasteiger partial charge in [-0.15, -0.1) is 43.2 Å². The first-order valence-electron chi connectivity index (χ1n) is 2.12. The number of hydrogen-bond donors (Lipinski definition) is 0. The fourth-order valence-electron chi connectivity index (χ4n) is 0.204. The third kappa shape index (κ3) is 24.9. The van der Waals surface area contributed by atoms with E-state index in [2.05, 4.69) is 16.2 Å². The van der Waals surface area contributed by atoms with Crippen molar-refractivity contribution in [1.29, 1.82) is 0 Å². The monoisotopic (exact) mass is 284 g/mol. The molecule has 4 heteroatoms. The summed E-state index contributed by atoms with van der Waals surface area (Å²) >= 11 is 0. The zero-order valence-corrected chi connectivity index (χ0v) is 11.2. The van der Waals surface area contributed by atoms with E-state index in [-0.39, 0.29) is 43.9 Å². The fraction of sp³-hybridized carbons (Fsp3) is 1.00. The number of halogens is 2. The Labute approximate surface area is 78.9 Å². The van der Waals surface area contributed by atoms with Gasteiger partial charge in [-0.1, -0.05) is 19.8 Å². The summed E-state index contributed by atoms with van der Waals surface area (Å²) < 4.78 is 0. The summed E-state index contributed by atoms with van der Waals surface area (Å²) in [6, 6.07) is 0. The van der Waals surface area contributed by atoms with Crippen LogP contribution in [0.4, 0.5) is 0 Å². The largest absolute Gasteiger partial charge is 0.153 e. The minimum Gasteiger partial charge on any atom is -0.153 e. The van der Waals surface area contributed by atoms with Gasteiger partial charge in [0.25, 0.3) is 0 Å². The summed E-state index contributed by atoms with van der Waals surface area (Å²) in [6.45, 7) is 2.20. The van der Waals surface area contributed by atoms with E-state index in [1.807, 2.05) is 0 Å². The predicted molar refractivity (Wildman–Crippen MR) is 61.2 cm³/mol. The van der Waals surface area contributed by atoms with Gasteiger partial charge in [0.1, 0.15) is 0 Å². The molecule has 0 aromatic rings. The molecule has 0 fully saturated rings. The van der Waals surface area contributed by atoms with Crippen LogP contribution in [0.1, 0.15) is 19.8 Å². The van der Waals surface area contributed by atoms with Crippen molar-refractivity contribution in [2.75, 3.05) is 6.16 Å². The van der Waals surface area contributed by atoms with Crippen molar-refractivity contribution in [3.63, 3.8) is 0 Å². The molecule has 0 aliphatic rings. The Morgan fingerprint density at radius 1 is 1.25 bits per heavy atom. The maximum Gasteiger partial charge on any atom is -0.0381 e. The summed E-state index contributed by atoms with van der Waals surface area (Å²) in [6.07, 6.45) is 3.94. The van der Waals surface area contributed by atoms with Crippen molar-refractivity contribution in [2.24, 2.45) is 0 Å². The van der Waals surface area contributed by atoms with E-state index in [4.69, 9.17) is 0 Å². The Morgan fingerprint density at radius 3 is 1.62 bits per heavy atom. The molecular formula is C4H16Br2P2. The van der Waals surface area contributed by atoms with E-state index < -0.39 is 0 Å². The van der Waals surface area contributed by atoms with E-state index in [1.54, 1.807) is 0 Å². The molecule has 0 heterocycles. The molecule has 8 heavy (non-hydrogen) atoms. The van der Waals surface area contributed by atoms with Crippen LogP contribution in [-0.2, 0) is 0 Å². The zero-order chi connectivity index (χ0) is 4.12. The second kappa shape index (κ2) is 23.2. The van der Waals surface area contributed by atoms with Gasteiger partial charge in [0, 0.05) is 0 Å². The Morgan fingerprint density at radius 2 is 1.62 bits per heavy atom. The topological polar surface area (TPSA) is 0 Å². The van der Waals surface area contributed by atoms with Crippen LogP contribution in [0.3, 0.4) is 0 Å². The van der Waals surface area contributed by atoms with Gasteiger partial charge in [-0.3, -0.25) is 0 Å². The quantitative estimate of drug-likeness (QED) is 0.685. The summed E-state index contributed by atoms with van der Waals surface area (Å²) in [5, 5.41) is 0. The number of unbranched alkanes of at least 4 members (excludes halogenated alkanes) is 1. The highest BCUT2D eigenvalue weighted by Gasteiger charge is 1.68. The average Bonchev–Trinajstić information content (AvgIpc) is 1.41. The average molecular weight is 286 g/mol. The van der Waals surface area contributed by atoms with E-state index in [9.17, 15) is 0 Å². The molecule has 0 nitrogen and oxygen atoms in total. The SMILES string of the molecule is Br.Br.CCCCP.P. The van der Waals surface area contributed by atoms with Crippen molar-refractivity contribution in [2.45, 2.75) is 19.8 Å². The highest BCUT2D eigenvalue weighted by Crippen LogP contribution is 1.89. The van der Waals surface area contributed by atoms with Crippen LogP contribution in [0.15, 0.2) is 0 Å². The molecule has 0 saturated heterocycles. The van der Waals surface area contributed by atoms with Gasteiger partial charge in [-0.25, -0.2) is 0 Å². The molecule has 56 valence electrons. The number of rotatable bonds is 2. The van der Waals surface area contributed by atoms with Crippen molar-refractivity contribution in [1.82, 2.24) is 0 Å². The molecule has 0 spiro atoms. The third-order valence-electron chi connectivity index (χ3n) is 0.558. The number of hydrogen-bond acceptors (Lipinski definition) is 0. The van der Waals surface area contributed by atoms with Gasteiger partial charge in [0.05, 0.1) is 0 Å². The lowest BCUT2D eigenvalue weighted by atomic mass is 10.4. The van der Waals surface area contributed by atoms with Crippen molar-refractivity contribution in [3.8, 4) is 0 Å².